The van der Waals surface area contributed by atoms with Crippen molar-refractivity contribution in [3.8, 4) is 5.75 Å². The second kappa shape index (κ2) is 8.75. The fraction of sp³-hybridized carbons (Fsp3) is 0.381. The average Bonchev–Trinajstić information content (AvgIpc) is 2.58. The first-order valence-electron chi connectivity index (χ1n) is 9.14. The molecule has 0 aliphatic carbocycles. The molecule has 7 heteroatoms. The topological polar surface area (TPSA) is 84.5 Å². The smallest absolute Gasteiger partial charge is 0.255 e. The van der Waals surface area contributed by atoms with E-state index in [1.165, 1.54) is 12.1 Å². The maximum absolute atomic E-state index is 12.6. The van der Waals surface area contributed by atoms with E-state index in [0.29, 0.717) is 29.5 Å². The third kappa shape index (κ3) is 6.65. The SMILES string of the molecule is CC(C)COc1cccc(C(=O)Nc2cccc(S(=O)(=O)NC(C)(C)C)c2)c1. The van der Waals surface area contributed by atoms with Crippen LogP contribution in [0.25, 0.3) is 0 Å². The van der Waals surface area contributed by atoms with Gasteiger partial charge in [-0.2, -0.15) is 0 Å². The molecule has 152 valence electrons. The van der Waals surface area contributed by atoms with Gasteiger partial charge in [0.15, 0.2) is 0 Å². The Kier molecular flexibility index (Phi) is 6.85. The first kappa shape index (κ1) is 21.9. The summed E-state index contributed by atoms with van der Waals surface area (Å²) in [6.45, 7) is 9.96. The van der Waals surface area contributed by atoms with E-state index in [-0.39, 0.29) is 10.8 Å². The van der Waals surface area contributed by atoms with Gasteiger partial charge in [0.1, 0.15) is 5.75 Å². The molecule has 0 unspecified atom stereocenters. The summed E-state index contributed by atoms with van der Waals surface area (Å²) in [4.78, 5) is 12.7. The van der Waals surface area contributed by atoms with Crippen LogP contribution < -0.4 is 14.8 Å². The van der Waals surface area contributed by atoms with Crippen LogP contribution in [-0.4, -0.2) is 26.5 Å². The molecule has 0 saturated carbocycles. The highest BCUT2D eigenvalue weighted by atomic mass is 32.2. The minimum absolute atomic E-state index is 0.0919. The number of nitrogens with one attached hydrogen (secondary N) is 2. The number of sulfonamides is 1. The maximum atomic E-state index is 12.6. The zero-order chi connectivity index (χ0) is 20.9. The Morgan fingerprint density at radius 2 is 1.75 bits per heavy atom. The number of hydrogen-bond acceptors (Lipinski definition) is 4. The molecular formula is C21H28N2O4S. The van der Waals surface area contributed by atoms with Crippen LogP contribution in [0.3, 0.4) is 0 Å². The van der Waals surface area contributed by atoms with Gasteiger partial charge in [0.2, 0.25) is 10.0 Å². The fourth-order valence-corrected chi connectivity index (χ4v) is 3.86. The molecule has 0 aromatic heterocycles. The first-order chi connectivity index (χ1) is 13.0. The van der Waals surface area contributed by atoms with Crippen molar-refractivity contribution >= 4 is 21.6 Å². The van der Waals surface area contributed by atoms with E-state index in [1.54, 1.807) is 57.2 Å². The average molecular weight is 405 g/mol. The van der Waals surface area contributed by atoms with Crippen molar-refractivity contribution in [1.29, 1.82) is 0 Å². The quantitative estimate of drug-likeness (QED) is 0.729. The van der Waals surface area contributed by atoms with Gasteiger partial charge >= 0.3 is 0 Å². The van der Waals surface area contributed by atoms with E-state index in [0.717, 1.165) is 0 Å². The standard InChI is InChI=1S/C21H28N2O4S/c1-15(2)14-27-18-10-6-8-16(12-18)20(24)22-17-9-7-11-19(13-17)28(25,26)23-21(3,4)5/h6-13,15,23H,14H2,1-5H3,(H,22,24). The van der Waals surface area contributed by atoms with Gasteiger partial charge in [0.25, 0.3) is 5.91 Å². The van der Waals surface area contributed by atoms with Crippen molar-refractivity contribution in [3.05, 3.63) is 54.1 Å². The van der Waals surface area contributed by atoms with Gasteiger partial charge in [0.05, 0.1) is 11.5 Å². The summed E-state index contributed by atoms with van der Waals surface area (Å²) in [5.41, 5.74) is 0.228. The van der Waals surface area contributed by atoms with Crippen LogP contribution in [0.5, 0.6) is 5.75 Å². The molecule has 0 aliphatic heterocycles. The molecule has 0 atom stereocenters. The summed E-state index contributed by atoms with van der Waals surface area (Å²) in [6.07, 6.45) is 0. The zero-order valence-electron chi connectivity index (χ0n) is 16.9. The van der Waals surface area contributed by atoms with Crippen LogP contribution in [0.15, 0.2) is 53.4 Å². The first-order valence-corrected chi connectivity index (χ1v) is 10.6. The van der Waals surface area contributed by atoms with E-state index >= 15 is 0 Å². The maximum Gasteiger partial charge on any atom is 0.255 e. The molecule has 6 nitrogen and oxygen atoms in total. The van der Waals surface area contributed by atoms with Crippen molar-refractivity contribution in [2.75, 3.05) is 11.9 Å². The van der Waals surface area contributed by atoms with Gasteiger partial charge in [0, 0.05) is 16.8 Å². The summed E-state index contributed by atoms with van der Waals surface area (Å²) >= 11 is 0. The van der Waals surface area contributed by atoms with Crippen LogP contribution in [-0.2, 0) is 10.0 Å². The molecule has 2 rings (SSSR count). The minimum atomic E-state index is -3.68. The molecule has 2 aromatic rings. The third-order valence-electron chi connectivity index (χ3n) is 3.52. The van der Waals surface area contributed by atoms with Gasteiger partial charge in [-0.15, -0.1) is 0 Å². The molecule has 2 aromatic carbocycles. The molecule has 0 saturated heterocycles. The molecule has 0 aliphatic rings. The second-order valence-corrected chi connectivity index (χ2v) is 9.75. The molecule has 0 bridgehead atoms. The summed E-state index contributed by atoms with van der Waals surface area (Å²) in [7, 11) is -3.68. The Balaban J connectivity index is 2.16. The second-order valence-electron chi connectivity index (χ2n) is 8.07. The van der Waals surface area contributed by atoms with Crippen LogP contribution in [0, 0.1) is 5.92 Å². The van der Waals surface area contributed by atoms with Crippen LogP contribution in [0.4, 0.5) is 5.69 Å². The normalized spacial score (nSPS) is 12.1. The lowest BCUT2D eigenvalue weighted by Crippen LogP contribution is -2.40. The lowest BCUT2D eigenvalue weighted by atomic mass is 10.1. The lowest BCUT2D eigenvalue weighted by molar-refractivity contribution is 0.102. The van der Waals surface area contributed by atoms with Crippen LogP contribution in [0.2, 0.25) is 0 Å². The predicted molar refractivity (Wildman–Crippen MR) is 111 cm³/mol. The Morgan fingerprint density at radius 3 is 2.39 bits per heavy atom. The summed E-state index contributed by atoms with van der Waals surface area (Å²) in [5, 5.41) is 2.74. The number of ether oxygens (including phenoxy) is 1. The number of anilines is 1. The molecule has 0 radical (unpaired) electrons. The summed E-state index contributed by atoms with van der Waals surface area (Å²) in [6, 6.07) is 13.1. The largest absolute Gasteiger partial charge is 0.493 e. The molecule has 2 N–H and O–H groups in total. The summed E-state index contributed by atoms with van der Waals surface area (Å²) < 4.78 is 33.2. The third-order valence-corrected chi connectivity index (χ3v) is 5.28. The number of hydrogen-bond donors (Lipinski definition) is 2. The van der Waals surface area contributed by atoms with Gasteiger partial charge in [-0.25, -0.2) is 13.1 Å². The highest BCUT2D eigenvalue weighted by Crippen LogP contribution is 2.19. The fourth-order valence-electron chi connectivity index (χ4n) is 2.40. The molecule has 28 heavy (non-hydrogen) atoms. The summed E-state index contributed by atoms with van der Waals surface area (Å²) in [5.74, 6) is 0.657. The zero-order valence-corrected chi connectivity index (χ0v) is 17.8. The Morgan fingerprint density at radius 1 is 1.07 bits per heavy atom. The van der Waals surface area contributed by atoms with Crippen LogP contribution in [0.1, 0.15) is 45.0 Å². The number of carbonyl (C=O) groups is 1. The Hall–Kier alpha value is -2.38. The van der Waals surface area contributed by atoms with Gasteiger partial charge in [-0.05, 0) is 63.1 Å². The Bertz CT molecular complexity index is 931. The van der Waals surface area contributed by atoms with Crippen molar-refractivity contribution in [3.63, 3.8) is 0 Å². The van der Waals surface area contributed by atoms with Crippen molar-refractivity contribution in [2.45, 2.75) is 45.1 Å². The molecule has 0 spiro atoms. The highest BCUT2D eigenvalue weighted by Gasteiger charge is 2.22. The Labute approximate surface area is 167 Å². The highest BCUT2D eigenvalue weighted by molar-refractivity contribution is 7.89. The van der Waals surface area contributed by atoms with Gasteiger partial charge < -0.3 is 10.1 Å². The van der Waals surface area contributed by atoms with Crippen molar-refractivity contribution < 1.29 is 17.9 Å². The molecular weight excluding hydrogens is 376 g/mol. The molecule has 0 heterocycles. The monoisotopic (exact) mass is 404 g/mol. The number of carbonyl (C=O) groups excluding carboxylic acids is 1. The van der Waals surface area contributed by atoms with Crippen LogP contribution >= 0.6 is 0 Å². The molecule has 1 amide bonds. The van der Waals surface area contributed by atoms with E-state index in [1.807, 2.05) is 13.8 Å². The van der Waals surface area contributed by atoms with Gasteiger partial charge in [-0.3, -0.25) is 4.79 Å². The van der Waals surface area contributed by atoms with Gasteiger partial charge in [-0.1, -0.05) is 26.0 Å². The number of amides is 1. The van der Waals surface area contributed by atoms with E-state index < -0.39 is 15.6 Å². The van der Waals surface area contributed by atoms with E-state index in [2.05, 4.69) is 10.0 Å². The minimum Gasteiger partial charge on any atom is -0.493 e. The van der Waals surface area contributed by atoms with Crippen molar-refractivity contribution in [1.82, 2.24) is 4.72 Å². The van der Waals surface area contributed by atoms with E-state index in [9.17, 15) is 13.2 Å². The number of benzene rings is 2. The number of rotatable bonds is 7. The van der Waals surface area contributed by atoms with Crippen molar-refractivity contribution in [2.24, 2.45) is 5.92 Å². The lowest BCUT2D eigenvalue weighted by Gasteiger charge is -2.20. The predicted octanol–water partition coefficient (Wildman–Crippen LogP) is 4.05. The van der Waals surface area contributed by atoms with E-state index in [4.69, 9.17) is 4.74 Å². The molecule has 0 fully saturated rings.